The van der Waals surface area contributed by atoms with Gasteiger partial charge in [0.15, 0.2) is 0 Å². The minimum Gasteiger partial charge on any atom is -0.458 e. The van der Waals surface area contributed by atoms with Gasteiger partial charge in [-0.15, -0.1) is 0 Å². The molecule has 0 aromatic heterocycles. The molecule has 0 saturated heterocycles. The number of benzene rings is 1. The molecule has 1 aromatic carbocycles. The first-order valence-electron chi connectivity index (χ1n) is 6.98. The third kappa shape index (κ3) is 5.88. The van der Waals surface area contributed by atoms with Crippen molar-refractivity contribution in [2.75, 3.05) is 0 Å². The summed E-state index contributed by atoms with van der Waals surface area (Å²) in [4.78, 5) is 12.3. The number of carbonyl (C=O) groups excluding carboxylic acids is 1. The second-order valence-corrected chi connectivity index (χ2v) is 12.3. The topological polar surface area (TPSA) is 35.5 Å². The van der Waals surface area contributed by atoms with Crippen LogP contribution in [0.4, 0.5) is 0 Å². The van der Waals surface area contributed by atoms with Crippen LogP contribution in [0.5, 0.6) is 0 Å². The van der Waals surface area contributed by atoms with Crippen molar-refractivity contribution >= 4 is 14.0 Å². The van der Waals surface area contributed by atoms with Crippen molar-refractivity contribution in [3.8, 4) is 0 Å². The first-order valence-corrected chi connectivity index (χ1v) is 10.6. The van der Waals surface area contributed by atoms with Crippen molar-refractivity contribution in [2.24, 2.45) is 0 Å². The highest BCUT2D eigenvalue weighted by Gasteiger charge is 2.37. The van der Waals surface area contributed by atoms with Crippen LogP contribution in [0.3, 0.4) is 0 Å². The fraction of sp³-hybridized carbons (Fsp3) is 0.562. The van der Waals surface area contributed by atoms with Crippen LogP contribution in [0.15, 0.2) is 30.3 Å². The molecule has 4 heteroatoms. The van der Waals surface area contributed by atoms with Crippen LogP contribution >= 0.6 is 0 Å². The number of esters is 1. The van der Waals surface area contributed by atoms with E-state index in [0.717, 1.165) is 5.56 Å². The monoisotopic (exact) mass is 294 g/mol. The van der Waals surface area contributed by atoms with Crippen molar-refractivity contribution in [1.29, 1.82) is 0 Å². The Morgan fingerprint density at radius 3 is 2.15 bits per heavy atom. The second kappa shape index (κ2) is 6.55. The van der Waals surface area contributed by atoms with E-state index in [1.165, 1.54) is 0 Å². The molecule has 0 radical (unpaired) electrons. The highest BCUT2D eigenvalue weighted by molar-refractivity contribution is 6.80. The molecule has 0 aliphatic rings. The van der Waals surface area contributed by atoms with Gasteiger partial charge < -0.3 is 9.47 Å². The average Bonchev–Trinajstić information content (AvgIpc) is 2.26. The van der Waals surface area contributed by atoms with Gasteiger partial charge in [0.25, 0.3) is 0 Å². The lowest BCUT2D eigenvalue weighted by atomic mass is 10.2. The third-order valence-electron chi connectivity index (χ3n) is 2.67. The van der Waals surface area contributed by atoms with Crippen molar-refractivity contribution in [2.45, 2.75) is 58.3 Å². The van der Waals surface area contributed by atoms with E-state index in [0.29, 0.717) is 6.61 Å². The number of hydrogen-bond acceptors (Lipinski definition) is 3. The minimum absolute atomic E-state index is 0.243. The van der Waals surface area contributed by atoms with Gasteiger partial charge in [0.2, 0.25) is 0 Å². The maximum atomic E-state index is 12.3. The first-order chi connectivity index (χ1) is 9.09. The summed E-state index contributed by atoms with van der Waals surface area (Å²) in [5, 5.41) is 0. The van der Waals surface area contributed by atoms with Crippen LogP contribution in [-0.2, 0) is 20.9 Å². The Morgan fingerprint density at radius 1 is 1.15 bits per heavy atom. The van der Waals surface area contributed by atoms with E-state index in [2.05, 4.69) is 19.6 Å². The molecular formula is C16H26O3Si. The normalized spacial score (nSPS) is 13.9. The number of rotatable bonds is 5. The fourth-order valence-corrected chi connectivity index (χ4v) is 3.13. The zero-order valence-electron chi connectivity index (χ0n) is 13.4. The molecule has 112 valence electrons. The molecule has 20 heavy (non-hydrogen) atoms. The van der Waals surface area contributed by atoms with Gasteiger partial charge >= 0.3 is 5.97 Å². The molecule has 0 heterocycles. The maximum absolute atomic E-state index is 12.3. The predicted molar refractivity (Wildman–Crippen MR) is 84.2 cm³/mol. The van der Waals surface area contributed by atoms with E-state index in [-0.39, 0.29) is 5.97 Å². The van der Waals surface area contributed by atoms with E-state index >= 15 is 0 Å². The van der Waals surface area contributed by atoms with E-state index in [1.54, 1.807) is 0 Å². The molecule has 0 N–H and O–H groups in total. The van der Waals surface area contributed by atoms with Gasteiger partial charge in [-0.1, -0.05) is 50.0 Å². The van der Waals surface area contributed by atoms with Crippen LogP contribution in [0.1, 0.15) is 26.3 Å². The van der Waals surface area contributed by atoms with Gasteiger partial charge in [-0.25, -0.2) is 4.79 Å². The lowest BCUT2D eigenvalue weighted by molar-refractivity contribution is -0.164. The molecule has 0 fully saturated rings. The standard InChI is InChI=1S/C16H26O3Si/c1-16(2,3)19-14(17)15(20(4,5)6)18-12-13-10-8-7-9-11-13/h7-11,15H,12H2,1-6H3. The van der Waals surface area contributed by atoms with Gasteiger partial charge in [-0.3, -0.25) is 0 Å². The average molecular weight is 294 g/mol. The van der Waals surface area contributed by atoms with Crippen LogP contribution in [-0.4, -0.2) is 25.4 Å². The molecule has 3 nitrogen and oxygen atoms in total. The summed E-state index contributed by atoms with van der Waals surface area (Å²) in [6, 6.07) is 9.89. The van der Waals surface area contributed by atoms with Crippen molar-refractivity contribution in [3.05, 3.63) is 35.9 Å². The van der Waals surface area contributed by atoms with Crippen molar-refractivity contribution < 1.29 is 14.3 Å². The van der Waals surface area contributed by atoms with Crippen LogP contribution in [0.25, 0.3) is 0 Å². The smallest absolute Gasteiger partial charge is 0.332 e. The van der Waals surface area contributed by atoms with Gasteiger partial charge in [0.05, 0.1) is 14.7 Å². The highest BCUT2D eigenvalue weighted by Crippen LogP contribution is 2.19. The maximum Gasteiger partial charge on any atom is 0.332 e. The number of ether oxygens (including phenoxy) is 2. The predicted octanol–water partition coefficient (Wildman–Crippen LogP) is 3.79. The minimum atomic E-state index is -1.80. The summed E-state index contributed by atoms with van der Waals surface area (Å²) in [5.41, 5.74) is 0.145. The van der Waals surface area contributed by atoms with Crippen LogP contribution in [0, 0.1) is 0 Å². The summed E-state index contributed by atoms with van der Waals surface area (Å²) in [7, 11) is -1.80. The summed E-state index contributed by atoms with van der Waals surface area (Å²) >= 11 is 0. The van der Waals surface area contributed by atoms with Gasteiger partial charge in [0, 0.05) is 0 Å². The Bertz CT molecular complexity index is 429. The molecule has 1 unspecified atom stereocenters. The largest absolute Gasteiger partial charge is 0.458 e. The van der Waals surface area contributed by atoms with Crippen molar-refractivity contribution in [3.63, 3.8) is 0 Å². The molecule has 0 spiro atoms. The van der Waals surface area contributed by atoms with E-state index in [1.807, 2.05) is 51.1 Å². The zero-order valence-corrected chi connectivity index (χ0v) is 14.4. The summed E-state index contributed by atoms with van der Waals surface area (Å²) in [6.45, 7) is 12.4. The Labute approximate surface area is 123 Å². The molecular weight excluding hydrogens is 268 g/mol. The highest BCUT2D eigenvalue weighted by atomic mass is 28.3. The lowest BCUT2D eigenvalue weighted by Gasteiger charge is -2.30. The third-order valence-corrected chi connectivity index (χ3v) is 4.64. The van der Waals surface area contributed by atoms with E-state index in [4.69, 9.17) is 9.47 Å². The molecule has 0 aliphatic carbocycles. The first kappa shape index (κ1) is 16.9. The second-order valence-electron chi connectivity index (χ2n) is 7.08. The number of carbonyl (C=O) groups is 1. The van der Waals surface area contributed by atoms with Gasteiger partial charge in [-0.2, -0.15) is 0 Å². The SMILES string of the molecule is CC(C)(C)OC(=O)C(OCc1ccccc1)[Si](C)(C)C. The lowest BCUT2D eigenvalue weighted by Crippen LogP contribution is -2.48. The Kier molecular flexibility index (Phi) is 5.54. The molecule has 0 saturated carbocycles. The zero-order chi connectivity index (χ0) is 15.4. The summed E-state index contributed by atoms with van der Waals surface area (Å²) < 4.78 is 11.4. The summed E-state index contributed by atoms with van der Waals surface area (Å²) in [6.07, 6.45) is 0. The molecule has 0 bridgehead atoms. The Hall–Kier alpha value is -1.13. The fourth-order valence-electron chi connectivity index (χ4n) is 1.78. The quantitative estimate of drug-likeness (QED) is 0.612. The van der Waals surface area contributed by atoms with E-state index in [9.17, 15) is 4.79 Å². The molecule has 0 aliphatic heterocycles. The molecule has 1 rings (SSSR count). The van der Waals surface area contributed by atoms with E-state index < -0.39 is 19.4 Å². The molecule has 1 atom stereocenters. The van der Waals surface area contributed by atoms with Gasteiger partial charge in [0.1, 0.15) is 11.3 Å². The number of hydrogen-bond donors (Lipinski definition) is 0. The van der Waals surface area contributed by atoms with Crippen molar-refractivity contribution in [1.82, 2.24) is 0 Å². The van der Waals surface area contributed by atoms with Crippen LogP contribution < -0.4 is 0 Å². The molecule has 0 amide bonds. The Morgan fingerprint density at radius 2 is 1.70 bits per heavy atom. The summed E-state index contributed by atoms with van der Waals surface area (Å²) in [5.74, 6) is -0.243. The van der Waals surface area contributed by atoms with Gasteiger partial charge in [-0.05, 0) is 26.3 Å². The van der Waals surface area contributed by atoms with Crippen LogP contribution in [0.2, 0.25) is 19.6 Å². The Balaban J connectivity index is 2.73. The molecule has 1 aromatic rings.